The Kier molecular flexibility index (Phi) is 4.87. The van der Waals surface area contributed by atoms with Crippen molar-refractivity contribution in [2.75, 3.05) is 10.6 Å². The first-order valence-electron chi connectivity index (χ1n) is 6.53. The lowest BCUT2D eigenvalue weighted by molar-refractivity contribution is -0.114. The molecule has 2 rings (SSSR count). The second kappa shape index (κ2) is 6.83. The van der Waals surface area contributed by atoms with Crippen molar-refractivity contribution >= 4 is 17.3 Å². The topological polar surface area (TPSA) is 41.1 Å². The predicted molar refractivity (Wildman–Crippen MR) is 79.5 cm³/mol. The molecule has 0 saturated carbocycles. The van der Waals surface area contributed by atoms with Gasteiger partial charge in [-0.25, -0.2) is 8.78 Å². The Morgan fingerprint density at radius 2 is 1.57 bits per heavy atom. The molecule has 0 heterocycles. The third kappa shape index (κ3) is 4.56. The zero-order chi connectivity index (χ0) is 15.2. The van der Waals surface area contributed by atoms with Crippen molar-refractivity contribution in [1.29, 1.82) is 0 Å². The van der Waals surface area contributed by atoms with E-state index in [-0.39, 0.29) is 11.5 Å². The fraction of sp³-hybridized carbons (Fsp3) is 0.188. The lowest BCUT2D eigenvalue weighted by atomic mass is 10.1. The van der Waals surface area contributed by atoms with E-state index in [0.717, 1.165) is 16.9 Å². The predicted octanol–water partition coefficient (Wildman–Crippen LogP) is 4.19. The molecule has 0 saturated heterocycles. The minimum Gasteiger partial charge on any atom is -0.381 e. The molecule has 21 heavy (non-hydrogen) atoms. The van der Waals surface area contributed by atoms with E-state index in [1.807, 2.05) is 12.1 Å². The Balaban J connectivity index is 1.91. The number of anilines is 2. The summed E-state index contributed by atoms with van der Waals surface area (Å²) in [4.78, 5) is 10.9. The highest BCUT2D eigenvalue weighted by Gasteiger charge is 2.05. The van der Waals surface area contributed by atoms with Crippen molar-refractivity contribution in [3.63, 3.8) is 0 Å². The van der Waals surface area contributed by atoms with E-state index in [9.17, 15) is 13.6 Å². The van der Waals surface area contributed by atoms with Gasteiger partial charge >= 0.3 is 0 Å². The molecule has 0 unspecified atom stereocenters. The Morgan fingerprint density at radius 1 is 1.00 bits per heavy atom. The van der Waals surface area contributed by atoms with Gasteiger partial charge in [0.2, 0.25) is 5.91 Å². The van der Waals surface area contributed by atoms with E-state index in [1.54, 1.807) is 24.3 Å². The summed E-state index contributed by atoms with van der Waals surface area (Å²) >= 11 is 0. The lowest BCUT2D eigenvalue weighted by Crippen LogP contribution is -2.05. The number of alkyl halides is 2. The molecule has 0 aliphatic rings. The number of nitrogens with one attached hydrogen (secondary N) is 2. The van der Waals surface area contributed by atoms with Gasteiger partial charge in [-0.05, 0) is 29.8 Å². The molecule has 0 aromatic heterocycles. The summed E-state index contributed by atoms with van der Waals surface area (Å²) in [6.45, 7) is 2.00. The maximum Gasteiger partial charge on any atom is 0.263 e. The standard InChI is InChI=1S/C16H16F2N2O/c1-11(21)20-15-8-6-14(7-9-15)19-10-12-2-4-13(5-3-12)16(17)18/h2-9,16,19H,10H2,1H3,(H,20,21). The molecule has 0 aliphatic heterocycles. The number of benzene rings is 2. The highest BCUT2D eigenvalue weighted by atomic mass is 19.3. The summed E-state index contributed by atoms with van der Waals surface area (Å²) in [5.41, 5.74) is 2.57. The van der Waals surface area contributed by atoms with E-state index >= 15 is 0 Å². The first-order chi connectivity index (χ1) is 10.0. The van der Waals surface area contributed by atoms with Crippen LogP contribution in [0.2, 0.25) is 0 Å². The number of carbonyl (C=O) groups is 1. The van der Waals surface area contributed by atoms with Crippen LogP contribution in [0.15, 0.2) is 48.5 Å². The molecule has 0 bridgehead atoms. The van der Waals surface area contributed by atoms with Gasteiger partial charge in [-0.2, -0.15) is 0 Å². The van der Waals surface area contributed by atoms with Crippen molar-refractivity contribution in [1.82, 2.24) is 0 Å². The van der Waals surface area contributed by atoms with Crippen LogP contribution in [0.1, 0.15) is 24.5 Å². The van der Waals surface area contributed by atoms with E-state index in [0.29, 0.717) is 6.54 Å². The Hall–Kier alpha value is -2.43. The molecular formula is C16H16F2N2O. The highest BCUT2D eigenvalue weighted by molar-refractivity contribution is 5.88. The quantitative estimate of drug-likeness (QED) is 0.866. The minimum absolute atomic E-state index is 0.0263. The monoisotopic (exact) mass is 290 g/mol. The van der Waals surface area contributed by atoms with Crippen LogP contribution in [0, 0.1) is 0 Å². The third-order valence-electron chi connectivity index (χ3n) is 2.93. The van der Waals surface area contributed by atoms with Gasteiger partial charge in [-0.1, -0.05) is 24.3 Å². The summed E-state index contributed by atoms with van der Waals surface area (Å²) < 4.78 is 24.9. The average molecular weight is 290 g/mol. The molecule has 2 aromatic carbocycles. The van der Waals surface area contributed by atoms with E-state index in [2.05, 4.69) is 10.6 Å². The lowest BCUT2D eigenvalue weighted by Gasteiger charge is -2.08. The molecule has 0 aliphatic carbocycles. The Morgan fingerprint density at radius 3 is 2.10 bits per heavy atom. The SMILES string of the molecule is CC(=O)Nc1ccc(NCc2ccc(C(F)F)cc2)cc1. The van der Waals surface area contributed by atoms with Crippen LogP contribution in [0.25, 0.3) is 0 Å². The number of halogens is 2. The summed E-state index contributed by atoms with van der Waals surface area (Å²) in [7, 11) is 0. The molecule has 0 fully saturated rings. The summed E-state index contributed by atoms with van der Waals surface area (Å²) in [5, 5.41) is 5.87. The number of hydrogen-bond acceptors (Lipinski definition) is 2. The number of rotatable bonds is 5. The van der Waals surface area contributed by atoms with Gasteiger partial charge in [0.1, 0.15) is 0 Å². The smallest absolute Gasteiger partial charge is 0.263 e. The van der Waals surface area contributed by atoms with Crippen LogP contribution in [-0.2, 0) is 11.3 Å². The van der Waals surface area contributed by atoms with Crippen LogP contribution < -0.4 is 10.6 Å². The summed E-state index contributed by atoms with van der Waals surface area (Å²) in [5.74, 6) is -0.116. The third-order valence-corrected chi connectivity index (χ3v) is 2.93. The fourth-order valence-electron chi connectivity index (χ4n) is 1.86. The Bertz CT molecular complexity index is 595. The van der Waals surface area contributed by atoms with Crippen molar-refractivity contribution in [2.24, 2.45) is 0 Å². The number of carbonyl (C=O) groups excluding carboxylic acids is 1. The second-order valence-corrected chi connectivity index (χ2v) is 4.65. The van der Waals surface area contributed by atoms with Gasteiger partial charge in [-0.3, -0.25) is 4.79 Å². The van der Waals surface area contributed by atoms with Gasteiger partial charge in [0.05, 0.1) is 0 Å². The fourth-order valence-corrected chi connectivity index (χ4v) is 1.86. The van der Waals surface area contributed by atoms with Gasteiger partial charge in [0.15, 0.2) is 0 Å². The second-order valence-electron chi connectivity index (χ2n) is 4.65. The maximum absolute atomic E-state index is 12.4. The van der Waals surface area contributed by atoms with E-state index < -0.39 is 6.43 Å². The molecule has 0 atom stereocenters. The molecule has 3 nitrogen and oxygen atoms in total. The number of hydrogen-bond donors (Lipinski definition) is 2. The van der Waals surface area contributed by atoms with Crippen LogP contribution >= 0.6 is 0 Å². The maximum atomic E-state index is 12.4. The molecule has 2 aromatic rings. The molecule has 5 heteroatoms. The zero-order valence-corrected chi connectivity index (χ0v) is 11.6. The normalized spacial score (nSPS) is 10.5. The first kappa shape index (κ1) is 15.0. The largest absolute Gasteiger partial charge is 0.381 e. The van der Waals surface area contributed by atoms with Gasteiger partial charge in [0, 0.05) is 30.4 Å². The first-order valence-corrected chi connectivity index (χ1v) is 6.53. The summed E-state index contributed by atoms with van der Waals surface area (Å²) in [6, 6.07) is 13.5. The van der Waals surface area contributed by atoms with Crippen molar-refractivity contribution in [2.45, 2.75) is 19.9 Å². The van der Waals surface area contributed by atoms with Crippen LogP contribution in [0.3, 0.4) is 0 Å². The molecule has 110 valence electrons. The molecular weight excluding hydrogens is 274 g/mol. The molecule has 0 spiro atoms. The van der Waals surface area contributed by atoms with Crippen molar-refractivity contribution in [3.05, 3.63) is 59.7 Å². The molecule has 2 N–H and O–H groups in total. The number of amides is 1. The van der Waals surface area contributed by atoms with Gasteiger partial charge < -0.3 is 10.6 Å². The Labute approximate surface area is 122 Å². The average Bonchev–Trinajstić information content (AvgIpc) is 2.46. The van der Waals surface area contributed by atoms with Crippen molar-refractivity contribution < 1.29 is 13.6 Å². The minimum atomic E-state index is -2.44. The van der Waals surface area contributed by atoms with Crippen LogP contribution in [0.5, 0.6) is 0 Å². The van der Waals surface area contributed by atoms with Gasteiger partial charge in [-0.15, -0.1) is 0 Å². The van der Waals surface area contributed by atoms with Crippen LogP contribution in [-0.4, -0.2) is 5.91 Å². The van der Waals surface area contributed by atoms with E-state index in [4.69, 9.17) is 0 Å². The van der Waals surface area contributed by atoms with Gasteiger partial charge in [0.25, 0.3) is 6.43 Å². The molecule has 0 radical (unpaired) electrons. The molecule has 1 amide bonds. The van der Waals surface area contributed by atoms with Crippen LogP contribution in [0.4, 0.5) is 20.2 Å². The summed E-state index contributed by atoms with van der Waals surface area (Å²) in [6.07, 6.45) is -2.44. The zero-order valence-electron chi connectivity index (χ0n) is 11.6. The van der Waals surface area contributed by atoms with Crippen molar-refractivity contribution in [3.8, 4) is 0 Å². The highest BCUT2D eigenvalue weighted by Crippen LogP contribution is 2.19. The van der Waals surface area contributed by atoms with E-state index in [1.165, 1.54) is 19.1 Å².